The van der Waals surface area contributed by atoms with Gasteiger partial charge in [-0.25, -0.2) is 9.78 Å². The van der Waals surface area contributed by atoms with Crippen molar-refractivity contribution < 1.29 is 19.4 Å². The summed E-state index contributed by atoms with van der Waals surface area (Å²) in [5.41, 5.74) is 4.62. The van der Waals surface area contributed by atoms with E-state index in [-0.39, 0.29) is 18.9 Å². The molecular formula is C20H16N2O4S. The van der Waals surface area contributed by atoms with E-state index in [1.54, 1.807) is 0 Å². The molecule has 1 aromatic heterocycles. The van der Waals surface area contributed by atoms with E-state index in [0.717, 1.165) is 22.5 Å². The van der Waals surface area contributed by atoms with Crippen molar-refractivity contribution in [2.24, 2.45) is 0 Å². The van der Waals surface area contributed by atoms with Crippen LogP contribution in [0.25, 0.3) is 11.1 Å². The lowest BCUT2D eigenvalue weighted by Crippen LogP contribution is -2.17. The van der Waals surface area contributed by atoms with Crippen LogP contribution in [-0.2, 0) is 16.0 Å². The van der Waals surface area contributed by atoms with Crippen LogP contribution < -0.4 is 5.32 Å². The van der Waals surface area contributed by atoms with E-state index in [1.165, 1.54) is 17.3 Å². The number of ether oxygens (including phenoxy) is 1. The fourth-order valence-corrected chi connectivity index (χ4v) is 4.11. The minimum absolute atomic E-state index is 0.0120. The number of carbonyl (C=O) groups excluding carboxylic acids is 1. The number of carboxylic acid groups (broad SMARTS) is 1. The van der Waals surface area contributed by atoms with Crippen molar-refractivity contribution in [3.8, 4) is 11.1 Å². The molecule has 0 bridgehead atoms. The predicted octanol–water partition coefficient (Wildman–Crippen LogP) is 4.13. The van der Waals surface area contributed by atoms with Crippen LogP contribution in [0.1, 0.15) is 21.9 Å². The average molecular weight is 380 g/mol. The summed E-state index contributed by atoms with van der Waals surface area (Å²) in [5.74, 6) is -0.951. The molecule has 1 aliphatic rings. The molecule has 0 fully saturated rings. The van der Waals surface area contributed by atoms with Crippen LogP contribution in [0.2, 0.25) is 0 Å². The van der Waals surface area contributed by atoms with Gasteiger partial charge < -0.3 is 9.84 Å². The molecule has 0 aliphatic heterocycles. The monoisotopic (exact) mass is 380 g/mol. The van der Waals surface area contributed by atoms with Crippen LogP contribution in [0.3, 0.4) is 0 Å². The van der Waals surface area contributed by atoms with E-state index in [0.29, 0.717) is 10.0 Å². The van der Waals surface area contributed by atoms with Gasteiger partial charge in [-0.05, 0) is 22.3 Å². The number of anilines is 1. The Morgan fingerprint density at radius 2 is 1.70 bits per heavy atom. The van der Waals surface area contributed by atoms with Gasteiger partial charge in [-0.1, -0.05) is 48.5 Å². The quantitative estimate of drug-likeness (QED) is 0.695. The molecule has 27 heavy (non-hydrogen) atoms. The Bertz CT molecular complexity index is 969. The highest BCUT2D eigenvalue weighted by molar-refractivity contribution is 7.15. The Morgan fingerprint density at radius 1 is 1.07 bits per heavy atom. The third kappa shape index (κ3) is 3.54. The number of carbonyl (C=O) groups is 2. The Balaban J connectivity index is 1.43. The fraction of sp³-hybridized carbons (Fsp3) is 0.150. The first-order valence-corrected chi connectivity index (χ1v) is 9.22. The maximum Gasteiger partial charge on any atom is 0.413 e. The van der Waals surface area contributed by atoms with Gasteiger partial charge in [0.05, 0.1) is 6.42 Å². The third-order valence-corrected chi connectivity index (χ3v) is 5.34. The Kier molecular flexibility index (Phi) is 4.60. The summed E-state index contributed by atoms with van der Waals surface area (Å²) in [7, 11) is 0. The van der Waals surface area contributed by atoms with Crippen LogP contribution in [0.5, 0.6) is 0 Å². The maximum atomic E-state index is 12.1. The van der Waals surface area contributed by atoms with Crippen molar-refractivity contribution in [1.29, 1.82) is 0 Å². The zero-order valence-corrected chi connectivity index (χ0v) is 15.0. The Hall–Kier alpha value is -3.19. The van der Waals surface area contributed by atoms with Crippen molar-refractivity contribution in [2.75, 3.05) is 11.9 Å². The zero-order valence-electron chi connectivity index (χ0n) is 14.2. The summed E-state index contributed by atoms with van der Waals surface area (Å²) in [6, 6.07) is 16.2. The predicted molar refractivity (Wildman–Crippen MR) is 102 cm³/mol. The number of aliphatic carboxylic acids is 1. The second-order valence-electron chi connectivity index (χ2n) is 6.15. The number of carboxylic acids is 1. The molecule has 0 spiro atoms. The lowest BCUT2D eigenvalue weighted by Gasteiger charge is -2.14. The van der Waals surface area contributed by atoms with Crippen molar-refractivity contribution in [3.63, 3.8) is 0 Å². The van der Waals surface area contributed by atoms with Gasteiger partial charge >= 0.3 is 12.1 Å². The molecule has 6 nitrogen and oxygen atoms in total. The SMILES string of the molecule is O=C(O)Cc1cnc(NC(=O)OCC2c3ccccc3-c3ccccc32)s1. The van der Waals surface area contributed by atoms with Crippen molar-refractivity contribution >= 4 is 28.5 Å². The summed E-state index contributed by atoms with van der Waals surface area (Å²) in [4.78, 5) is 27.4. The summed E-state index contributed by atoms with van der Waals surface area (Å²) in [6.45, 7) is 0.215. The number of hydrogen-bond donors (Lipinski definition) is 2. The molecule has 2 N–H and O–H groups in total. The van der Waals surface area contributed by atoms with Crippen LogP contribution >= 0.6 is 11.3 Å². The van der Waals surface area contributed by atoms with Gasteiger partial charge in [0.1, 0.15) is 6.61 Å². The number of fused-ring (bicyclic) bond motifs is 3. The van der Waals surface area contributed by atoms with Gasteiger partial charge in [0, 0.05) is 17.0 Å². The van der Waals surface area contributed by atoms with Crippen LogP contribution in [0.15, 0.2) is 54.7 Å². The van der Waals surface area contributed by atoms with Gasteiger partial charge in [-0.2, -0.15) is 0 Å². The van der Waals surface area contributed by atoms with Crippen LogP contribution in [0, 0.1) is 0 Å². The fourth-order valence-electron chi connectivity index (χ4n) is 3.32. The molecule has 0 radical (unpaired) electrons. The van der Waals surface area contributed by atoms with Crippen molar-refractivity contribution in [2.45, 2.75) is 12.3 Å². The molecule has 3 aromatic rings. The van der Waals surface area contributed by atoms with Crippen LogP contribution in [0.4, 0.5) is 9.93 Å². The highest BCUT2D eigenvalue weighted by atomic mass is 32.1. The highest BCUT2D eigenvalue weighted by Crippen LogP contribution is 2.44. The first-order chi connectivity index (χ1) is 13.1. The van der Waals surface area contributed by atoms with Crippen molar-refractivity contribution in [3.05, 3.63) is 70.7 Å². The van der Waals surface area contributed by atoms with Gasteiger partial charge in [0.25, 0.3) is 0 Å². The number of nitrogens with zero attached hydrogens (tertiary/aromatic N) is 1. The Morgan fingerprint density at radius 3 is 2.33 bits per heavy atom. The number of rotatable bonds is 5. The topological polar surface area (TPSA) is 88.5 Å². The molecule has 1 heterocycles. The lowest BCUT2D eigenvalue weighted by atomic mass is 9.98. The molecule has 1 amide bonds. The molecule has 0 unspecified atom stereocenters. The third-order valence-electron chi connectivity index (χ3n) is 4.43. The number of hydrogen-bond acceptors (Lipinski definition) is 5. The molecule has 1 aliphatic carbocycles. The van der Waals surface area contributed by atoms with Gasteiger partial charge in [-0.15, -0.1) is 11.3 Å². The van der Waals surface area contributed by atoms with E-state index < -0.39 is 12.1 Å². The Labute approximate surface area is 159 Å². The molecule has 0 saturated carbocycles. The summed E-state index contributed by atoms with van der Waals surface area (Å²) >= 11 is 1.12. The summed E-state index contributed by atoms with van der Waals surface area (Å²) < 4.78 is 5.43. The number of thiazole rings is 1. The number of nitrogens with one attached hydrogen (secondary N) is 1. The minimum Gasteiger partial charge on any atom is -0.481 e. The maximum absolute atomic E-state index is 12.1. The highest BCUT2D eigenvalue weighted by Gasteiger charge is 2.29. The lowest BCUT2D eigenvalue weighted by molar-refractivity contribution is -0.136. The van der Waals surface area contributed by atoms with E-state index >= 15 is 0 Å². The van der Waals surface area contributed by atoms with Crippen molar-refractivity contribution in [1.82, 2.24) is 4.98 Å². The van der Waals surface area contributed by atoms with Crippen LogP contribution in [-0.4, -0.2) is 28.8 Å². The molecule has 0 atom stereocenters. The second kappa shape index (κ2) is 7.20. The summed E-state index contributed by atoms with van der Waals surface area (Å²) in [6.07, 6.45) is 0.718. The van der Waals surface area contributed by atoms with E-state index in [2.05, 4.69) is 34.6 Å². The number of aromatic nitrogens is 1. The van der Waals surface area contributed by atoms with E-state index in [9.17, 15) is 9.59 Å². The average Bonchev–Trinajstić information content (AvgIpc) is 3.21. The molecule has 136 valence electrons. The molecular weight excluding hydrogens is 364 g/mol. The normalized spacial score (nSPS) is 12.3. The van der Waals surface area contributed by atoms with E-state index in [4.69, 9.17) is 9.84 Å². The second-order valence-corrected chi connectivity index (χ2v) is 7.27. The number of benzene rings is 2. The first-order valence-electron chi connectivity index (χ1n) is 8.40. The molecule has 4 rings (SSSR count). The molecule has 0 saturated heterocycles. The zero-order chi connectivity index (χ0) is 18.8. The van der Waals surface area contributed by atoms with E-state index in [1.807, 2.05) is 24.3 Å². The minimum atomic E-state index is -0.939. The summed E-state index contributed by atoms with van der Waals surface area (Å²) in [5, 5.41) is 11.7. The largest absolute Gasteiger partial charge is 0.481 e. The van der Waals surface area contributed by atoms with Gasteiger partial charge in [0.15, 0.2) is 5.13 Å². The first kappa shape index (κ1) is 17.2. The molecule has 2 aromatic carbocycles. The standard InChI is InChI=1S/C20H16N2O4S/c23-18(24)9-12-10-21-19(27-12)22-20(25)26-11-17-15-7-3-1-5-13(15)14-6-2-4-8-16(14)17/h1-8,10,17H,9,11H2,(H,23,24)(H,21,22,25). The van der Waals surface area contributed by atoms with Gasteiger partial charge in [-0.3, -0.25) is 10.1 Å². The smallest absolute Gasteiger partial charge is 0.413 e. The molecule has 7 heteroatoms. The number of amides is 1. The van der Waals surface area contributed by atoms with Gasteiger partial charge in [0.2, 0.25) is 0 Å².